The SMILES string of the molecule is COc1cc(-c2nc(Cl)c(I)c(Cl)n2)ccc1O. The largest absolute Gasteiger partial charge is 0.504 e. The summed E-state index contributed by atoms with van der Waals surface area (Å²) in [6.07, 6.45) is 0. The van der Waals surface area contributed by atoms with Gasteiger partial charge in [0.05, 0.1) is 10.7 Å². The third kappa shape index (κ3) is 2.62. The highest BCUT2D eigenvalue weighted by atomic mass is 127. The van der Waals surface area contributed by atoms with Crippen LogP contribution in [0.25, 0.3) is 11.4 Å². The molecule has 2 rings (SSSR count). The summed E-state index contributed by atoms with van der Waals surface area (Å²) in [6, 6.07) is 4.77. The second-order valence-corrected chi connectivity index (χ2v) is 5.12. The number of methoxy groups -OCH3 is 1. The number of halogens is 3. The van der Waals surface area contributed by atoms with Crippen LogP contribution in [0.4, 0.5) is 0 Å². The van der Waals surface area contributed by atoms with Crippen LogP contribution in [0.2, 0.25) is 10.3 Å². The van der Waals surface area contributed by atoms with E-state index in [9.17, 15) is 5.11 Å². The molecule has 0 radical (unpaired) electrons. The number of nitrogens with zero attached hydrogens (tertiary/aromatic N) is 2. The van der Waals surface area contributed by atoms with Crippen LogP contribution in [-0.4, -0.2) is 22.2 Å². The van der Waals surface area contributed by atoms with Gasteiger partial charge in [-0.25, -0.2) is 9.97 Å². The number of rotatable bonds is 2. The molecule has 1 N–H and O–H groups in total. The van der Waals surface area contributed by atoms with Crippen LogP contribution in [0, 0.1) is 3.57 Å². The maximum atomic E-state index is 9.52. The molecule has 0 fully saturated rings. The zero-order valence-corrected chi connectivity index (χ0v) is 12.8. The smallest absolute Gasteiger partial charge is 0.162 e. The zero-order chi connectivity index (χ0) is 13.3. The molecule has 0 saturated heterocycles. The molecule has 94 valence electrons. The van der Waals surface area contributed by atoms with Gasteiger partial charge in [0.2, 0.25) is 0 Å². The molecule has 0 unspecified atom stereocenters. The summed E-state index contributed by atoms with van der Waals surface area (Å²) in [6.45, 7) is 0. The highest BCUT2D eigenvalue weighted by molar-refractivity contribution is 14.1. The van der Waals surface area contributed by atoms with Crippen molar-refractivity contribution >= 4 is 45.8 Å². The lowest BCUT2D eigenvalue weighted by molar-refractivity contribution is 0.373. The number of hydrogen-bond donors (Lipinski definition) is 1. The fourth-order valence-electron chi connectivity index (χ4n) is 1.34. The van der Waals surface area contributed by atoms with Gasteiger partial charge in [-0.15, -0.1) is 0 Å². The van der Waals surface area contributed by atoms with Gasteiger partial charge in [-0.2, -0.15) is 0 Å². The predicted octanol–water partition coefficient (Wildman–Crippen LogP) is 3.77. The Kier molecular flexibility index (Phi) is 4.14. The fraction of sp³-hybridized carbons (Fsp3) is 0.0909. The first-order chi connectivity index (χ1) is 8.52. The van der Waals surface area contributed by atoms with Crippen LogP contribution in [-0.2, 0) is 0 Å². The first kappa shape index (κ1) is 13.6. The van der Waals surface area contributed by atoms with Crippen LogP contribution in [0.1, 0.15) is 0 Å². The third-order valence-electron chi connectivity index (χ3n) is 2.21. The summed E-state index contributed by atoms with van der Waals surface area (Å²) in [5.41, 5.74) is 0.657. The van der Waals surface area contributed by atoms with E-state index in [1.54, 1.807) is 12.1 Å². The number of aromatic hydroxyl groups is 1. The monoisotopic (exact) mass is 396 g/mol. The Morgan fingerprint density at radius 3 is 2.39 bits per heavy atom. The Labute approximate surface area is 127 Å². The topological polar surface area (TPSA) is 55.2 Å². The number of phenols is 1. The van der Waals surface area contributed by atoms with Gasteiger partial charge in [0.25, 0.3) is 0 Å². The Morgan fingerprint density at radius 1 is 1.22 bits per heavy atom. The molecule has 0 spiro atoms. The van der Waals surface area contributed by atoms with Gasteiger partial charge < -0.3 is 9.84 Å². The summed E-state index contributed by atoms with van der Waals surface area (Å²) < 4.78 is 5.62. The lowest BCUT2D eigenvalue weighted by Gasteiger charge is -2.07. The zero-order valence-electron chi connectivity index (χ0n) is 9.12. The van der Waals surface area contributed by atoms with Crippen molar-refractivity contribution in [2.75, 3.05) is 7.11 Å². The summed E-state index contributed by atoms with van der Waals surface area (Å²) in [5.74, 6) is 0.759. The fourth-order valence-corrected chi connectivity index (χ4v) is 1.97. The van der Waals surface area contributed by atoms with Gasteiger partial charge >= 0.3 is 0 Å². The number of phenolic OH excluding ortho intramolecular Hbond substituents is 1. The molecule has 0 amide bonds. The van der Waals surface area contributed by atoms with Crippen molar-refractivity contribution in [1.29, 1.82) is 0 Å². The van der Waals surface area contributed by atoms with Gasteiger partial charge in [-0.1, -0.05) is 23.2 Å². The molecule has 18 heavy (non-hydrogen) atoms. The molecule has 0 atom stereocenters. The summed E-state index contributed by atoms with van der Waals surface area (Å²) in [4.78, 5) is 8.27. The summed E-state index contributed by atoms with van der Waals surface area (Å²) in [5, 5.41) is 10.1. The van der Waals surface area contributed by atoms with E-state index in [0.717, 1.165) is 0 Å². The highest BCUT2D eigenvalue weighted by Crippen LogP contribution is 2.32. The first-order valence-corrected chi connectivity index (χ1v) is 6.62. The van der Waals surface area contributed by atoms with Gasteiger partial charge in [0, 0.05) is 5.56 Å². The molecule has 0 aliphatic carbocycles. The van der Waals surface area contributed by atoms with Crippen molar-refractivity contribution in [1.82, 2.24) is 9.97 Å². The van der Waals surface area contributed by atoms with Gasteiger partial charge in [0.15, 0.2) is 17.3 Å². The maximum absolute atomic E-state index is 9.52. The van der Waals surface area contributed by atoms with Crippen molar-refractivity contribution in [3.05, 3.63) is 32.1 Å². The average molecular weight is 397 g/mol. The van der Waals surface area contributed by atoms with Gasteiger partial charge in [0.1, 0.15) is 10.3 Å². The standard InChI is InChI=1S/C11H7Cl2IN2O2/c1-18-7-4-5(2-3-6(7)17)11-15-9(12)8(14)10(13)16-11/h2-4,17H,1H3. The Hall–Kier alpha value is -0.790. The Morgan fingerprint density at radius 2 is 1.83 bits per heavy atom. The number of aromatic nitrogens is 2. The minimum absolute atomic E-state index is 0.0453. The summed E-state index contributed by atoms with van der Waals surface area (Å²) in [7, 11) is 1.47. The molecule has 7 heteroatoms. The quantitative estimate of drug-likeness (QED) is 0.620. The van der Waals surface area contributed by atoms with Crippen molar-refractivity contribution < 1.29 is 9.84 Å². The number of ether oxygens (including phenoxy) is 1. The second-order valence-electron chi connectivity index (χ2n) is 3.33. The second kappa shape index (κ2) is 5.46. The molecule has 0 bridgehead atoms. The predicted molar refractivity (Wildman–Crippen MR) is 78.4 cm³/mol. The average Bonchev–Trinajstić information content (AvgIpc) is 2.36. The van der Waals surface area contributed by atoms with E-state index in [1.807, 2.05) is 22.6 Å². The normalized spacial score (nSPS) is 10.4. The van der Waals surface area contributed by atoms with Crippen LogP contribution >= 0.6 is 45.8 Å². The molecule has 1 aromatic carbocycles. The molecule has 2 aromatic rings. The molecule has 0 aliphatic heterocycles. The molecule has 4 nitrogen and oxygen atoms in total. The lowest BCUT2D eigenvalue weighted by atomic mass is 10.2. The minimum atomic E-state index is 0.0453. The molecular formula is C11H7Cl2IN2O2. The van der Waals surface area contributed by atoms with Crippen molar-refractivity contribution in [2.45, 2.75) is 0 Å². The molecule has 0 aliphatic rings. The first-order valence-electron chi connectivity index (χ1n) is 4.79. The van der Waals surface area contributed by atoms with Gasteiger partial charge in [-0.3, -0.25) is 0 Å². The van der Waals surface area contributed by atoms with E-state index in [1.165, 1.54) is 13.2 Å². The Bertz CT molecular complexity index is 585. The van der Waals surface area contributed by atoms with Gasteiger partial charge in [-0.05, 0) is 40.8 Å². The van der Waals surface area contributed by atoms with Crippen LogP contribution in [0.5, 0.6) is 11.5 Å². The van der Waals surface area contributed by atoms with E-state index >= 15 is 0 Å². The summed E-state index contributed by atoms with van der Waals surface area (Å²) >= 11 is 13.9. The van der Waals surface area contributed by atoms with E-state index in [2.05, 4.69) is 9.97 Å². The Balaban J connectivity index is 2.55. The molecular weight excluding hydrogens is 390 g/mol. The lowest BCUT2D eigenvalue weighted by Crippen LogP contribution is -1.94. The van der Waals surface area contributed by atoms with Crippen molar-refractivity contribution in [2.24, 2.45) is 0 Å². The molecule has 1 aromatic heterocycles. The van der Waals surface area contributed by atoms with E-state index in [-0.39, 0.29) is 16.1 Å². The number of hydrogen-bond acceptors (Lipinski definition) is 4. The van der Waals surface area contributed by atoms with Crippen molar-refractivity contribution in [3.8, 4) is 22.9 Å². The molecule has 0 saturated carbocycles. The van der Waals surface area contributed by atoms with E-state index in [0.29, 0.717) is 20.7 Å². The van der Waals surface area contributed by atoms with E-state index < -0.39 is 0 Å². The molecule has 1 heterocycles. The third-order valence-corrected chi connectivity index (χ3v) is 4.41. The van der Waals surface area contributed by atoms with E-state index in [4.69, 9.17) is 27.9 Å². The number of benzene rings is 1. The minimum Gasteiger partial charge on any atom is -0.504 e. The van der Waals surface area contributed by atoms with Crippen molar-refractivity contribution in [3.63, 3.8) is 0 Å². The highest BCUT2D eigenvalue weighted by Gasteiger charge is 2.12. The van der Waals surface area contributed by atoms with Crippen LogP contribution < -0.4 is 4.74 Å². The van der Waals surface area contributed by atoms with Crippen LogP contribution in [0.3, 0.4) is 0 Å². The maximum Gasteiger partial charge on any atom is 0.162 e. The van der Waals surface area contributed by atoms with Crippen LogP contribution in [0.15, 0.2) is 18.2 Å².